The summed E-state index contributed by atoms with van der Waals surface area (Å²) < 4.78 is 0. The number of carbonyl (C=O) groups excluding carboxylic acids is 1. The van der Waals surface area contributed by atoms with Crippen LogP contribution in [0.3, 0.4) is 0 Å². The van der Waals surface area contributed by atoms with Gasteiger partial charge in [0.1, 0.15) is 6.04 Å². The smallest absolute Gasteiger partial charge is 0.326 e. The van der Waals surface area contributed by atoms with Gasteiger partial charge in [-0.3, -0.25) is 4.79 Å². The zero-order chi connectivity index (χ0) is 15.3. The molecule has 0 saturated carbocycles. The molecule has 1 rings (SSSR count). The van der Waals surface area contributed by atoms with E-state index in [9.17, 15) is 9.59 Å². The van der Waals surface area contributed by atoms with Gasteiger partial charge in [0.05, 0.1) is 0 Å². The van der Waals surface area contributed by atoms with Crippen LogP contribution in [0.15, 0.2) is 24.3 Å². The predicted molar refractivity (Wildman–Crippen MR) is 79.0 cm³/mol. The Morgan fingerprint density at radius 2 is 1.70 bits per heavy atom. The topological polar surface area (TPSA) is 60.9 Å². The maximum Gasteiger partial charge on any atom is 0.326 e. The molecule has 20 heavy (non-hydrogen) atoms. The minimum Gasteiger partial charge on any atom is -0.480 e. The fourth-order valence-electron chi connectivity index (χ4n) is 1.77. The van der Waals surface area contributed by atoms with Gasteiger partial charge in [-0.15, -0.1) is 0 Å². The Morgan fingerprint density at radius 1 is 1.15 bits per heavy atom. The van der Waals surface area contributed by atoms with Crippen LogP contribution in [-0.4, -0.2) is 49.1 Å². The number of carboxylic acid groups (broad SMARTS) is 1. The third-order valence-electron chi connectivity index (χ3n) is 3.41. The molecule has 1 N–H and O–H groups in total. The Kier molecular flexibility index (Phi) is 5.55. The molecule has 0 radical (unpaired) electrons. The summed E-state index contributed by atoms with van der Waals surface area (Å²) in [4.78, 5) is 26.0. The van der Waals surface area contributed by atoms with Crippen LogP contribution < -0.4 is 4.90 Å². The summed E-state index contributed by atoms with van der Waals surface area (Å²) in [5.41, 5.74) is 2.18. The lowest BCUT2D eigenvalue weighted by molar-refractivity contribution is -0.148. The van der Waals surface area contributed by atoms with Crippen molar-refractivity contribution in [2.75, 3.05) is 26.0 Å². The summed E-state index contributed by atoms with van der Waals surface area (Å²) in [5, 5.41) is 8.87. The quantitative estimate of drug-likeness (QED) is 0.859. The molecule has 0 fully saturated rings. The third-order valence-corrected chi connectivity index (χ3v) is 3.41. The van der Waals surface area contributed by atoms with Crippen molar-refractivity contribution in [3.63, 3.8) is 0 Å². The van der Waals surface area contributed by atoms with E-state index in [2.05, 4.69) is 0 Å². The number of carbonyl (C=O) groups is 2. The summed E-state index contributed by atoms with van der Waals surface area (Å²) >= 11 is 0. The van der Waals surface area contributed by atoms with E-state index in [4.69, 9.17) is 5.11 Å². The summed E-state index contributed by atoms with van der Waals surface area (Å²) in [5.74, 6) is -1.15. The number of anilines is 1. The van der Waals surface area contributed by atoms with Crippen LogP contribution in [0.4, 0.5) is 5.69 Å². The van der Waals surface area contributed by atoms with Crippen molar-refractivity contribution in [3.05, 3.63) is 29.8 Å². The Hall–Kier alpha value is -2.04. The molecule has 1 unspecified atom stereocenters. The molecule has 1 aromatic carbocycles. The molecule has 0 aliphatic rings. The molecular weight excluding hydrogens is 256 g/mol. The molecule has 0 aromatic heterocycles. The summed E-state index contributed by atoms with van der Waals surface area (Å²) in [6.07, 6.45) is 0.929. The molecule has 5 nitrogen and oxygen atoms in total. The van der Waals surface area contributed by atoms with Gasteiger partial charge >= 0.3 is 5.97 Å². The molecule has 0 saturated heterocycles. The number of carboxylic acids is 1. The zero-order valence-electron chi connectivity index (χ0n) is 12.5. The largest absolute Gasteiger partial charge is 0.480 e. The van der Waals surface area contributed by atoms with Crippen LogP contribution in [0.1, 0.15) is 18.9 Å². The van der Waals surface area contributed by atoms with E-state index in [0.717, 1.165) is 11.3 Å². The van der Waals surface area contributed by atoms with Gasteiger partial charge in [0.2, 0.25) is 5.91 Å². The molecule has 0 bridgehead atoms. The lowest BCUT2D eigenvalue weighted by atomic mass is 10.1. The fraction of sp³-hybridized carbons (Fsp3) is 0.467. The number of likely N-dealkylation sites (N-methyl/N-ethyl adjacent to an activating group) is 1. The van der Waals surface area contributed by atoms with Crippen molar-refractivity contribution in [1.29, 1.82) is 0 Å². The van der Waals surface area contributed by atoms with Crippen molar-refractivity contribution in [3.8, 4) is 0 Å². The molecule has 1 aromatic rings. The van der Waals surface area contributed by atoms with E-state index in [0.29, 0.717) is 12.8 Å². The minimum absolute atomic E-state index is 0.156. The Labute approximate surface area is 119 Å². The number of nitrogens with zero attached hydrogens (tertiary/aromatic N) is 2. The predicted octanol–water partition coefficient (Wildman–Crippen LogP) is 1.62. The highest BCUT2D eigenvalue weighted by Gasteiger charge is 2.21. The van der Waals surface area contributed by atoms with Crippen LogP contribution in [0.25, 0.3) is 0 Å². The molecule has 110 valence electrons. The molecular formula is C15H22N2O3. The van der Waals surface area contributed by atoms with E-state index < -0.39 is 12.0 Å². The number of amides is 1. The maximum absolute atomic E-state index is 11.9. The molecule has 0 aliphatic carbocycles. The molecule has 1 atom stereocenters. The number of aryl methyl sites for hydroxylation is 1. The van der Waals surface area contributed by atoms with Crippen molar-refractivity contribution < 1.29 is 14.7 Å². The highest BCUT2D eigenvalue weighted by Crippen LogP contribution is 2.14. The van der Waals surface area contributed by atoms with Crippen LogP contribution in [0.2, 0.25) is 0 Å². The van der Waals surface area contributed by atoms with Crippen LogP contribution in [0, 0.1) is 0 Å². The molecule has 5 heteroatoms. The van der Waals surface area contributed by atoms with Gasteiger partial charge in [0.15, 0.2) is 0 Å². The standard InChI is InChI=1S/C15H22N2O3/c1-11(15(19)20)17(4)14(18)10-7-12-5-8-13(9-6-12)16(2)3/h5-6,8-9,11H,7,10H2,1-4H3,(H,19,20). The maximum atomic E-state index is 11.9. The van der Waals surface area contributed by atoms with Gasteiger partial charge < -0.3 is 14.9 Å². The van der Waals surface area contributed by atoms with Crippen molar-refractivity contribution in [2.24, 2.45) is 0 Å². The van der Waals surface area contributed by atoms with Crippen LogP contribution >= 0.6 is 0 Å². The summed E-state index contributed by atoms with van der Waals surface area (Å²) in [7, 11) is 5.47. The van der Waals surface area contributed by atoms with Crippen molar-refractivity contribution in [1.82, 2.24) is 4.90 Å². The Morgan fingerprint density at radius 3 is 2.15 bits per heavy atom. The first kappa shape index (κ1) is 16.0. The average molecular weight is 278 g/mol. The van der Waals surface area contributed by atoms with Crippen LogP contribution in [-0.2, 0) is 16.0 Å². The highest BCUT2D eigenvalue weighted by atomic mass is 16.4. The number of benzene rings is 1. The number of aliphatic carboxylic acids is 1. The monoisotopic (exact) mass is 278 g/mol. The number of hydrogen-bond donors (Lipinski definition) is 1. The second-order valence-corrected chi connectivity index (χ2v) is 5.08. The molecule has 1 amide bonds. The normalized spacial score (nSPS) is 11.8. The van der Waals surface area contributed by atoms with E-state index in [-0.39, 0.29) is 5.91 Å². The van der Waals surface area contributed by atoms with Gasteiger partial charge in [0.25, 0.3) is 0 Å². The zero-order valence-corrected chi connectivity index (χ0v) is 12.5. The van der Waals surface area contributed by atoms with Gasteiger partial charge in [-0.25, -0.2) is 4.79 Å². The fourth-order valence-corrected chi connectivity index (χ4v) is 1.77. The lowest BCUT2D eigenvalue weighted by Gasteiger charge is -2.21. The van der Waals surface area contributed by atoms with Gasteiger partial charge in [0, 0.05) is 33.3 Å². The first-order valence-corrected chi connectivity index (χ1v) is 6.57. The highest BCUT2D eigenvalue weighted by molar-refractivity contribution is 5.83. The second-order valence-electron chi connectivity index (χ2n) is 5.08. The summed E-state index contributed by atoms with van der Waals surface area (Å²) in [6.45, 7) is 1.51. The molecule has 0 spiro atoms. The van der Waals surface area contributed by atoms with Gasteiger partial charge in [-0.1, -0.05) is 12.1 Å². The molecule has 0 heterocycles. The number of rotatable bonds is 6. The third kappa shape index (κ3) is 4.26. The van der Waals surface area contributed by atoms with E-state index in [1.807, 2.05) is 43.3 Å². The van der Waals surface area contributed by atoms with Crippen molar-refractivity contribution >= 4 is 17.6 Å². The number of hydrogen-bond acceptors (Lipinski definition) is 3. The lowest BCUT2D eigenvalue weighted by Crippen LogP contribution is -2.40. The van der Waals surface area contributed by atoms with E-state index >= 15 is 0 Å². The first-order chi connectivity index (χ1) is 9.32. The minimum atomic E-state index is -0.990. The SMILES string of the molecule is CC(C(=O)O)N(C)C(=O)CCc1ccc(N(C)C)cc1. The van der Waals surface area contributed by atoms with Crippen LogP contribution in [0.5, 0.6) is 0 Å². The van der Waals surface area contributed by atoms with Gasteiger partial charge in [-0.2, -0.15) is 0 Å². The first-order valence-electron chi connectivity index (χ1n) is 6.57. The molecule has 0 aliphatic heterocycles. The second kappa shape index (κ2) is 6.93. The Bertz CT molecular complexity index is 469. The van der Waals surface area contributed by atoms with E-state index in [1.54, 1.807) is 0 Å². The average Bonchev–Trinajstić information content (AvgIpc) is 2.43. The van der Waals surface area contributed by atoms with E-state index in [1.165, 1.54) is 18.9 Å². The summed E-state index contributed by atoms with van der Waals surface area (Å²) in [6, 6.07) is 7.19. The van der Waals surface area contributed by atoms with Crippen molar-refractivity contribution in [2.45, 2.75) is 25.8 Å². The van der Waals surface area contributed by atoms with Gasteiger partial charge in [-0.05, 0) is 31.0 Å². The Balaban J connectivity index is 2.54.